The van der Waals surface area contributed by atoms with Gasteiger partial charge < -0.3 is 10.1 Å². The average Bonchev–Trinajstić information content (AvgIpc) is 2.65. The summed E-state index contributed by atoms with van der Waals surface area (Å²) in [7, 11) is 0. The SMILES string of the molecule is O=C(C[C@@H]1Oc2ccccc2NC1=O)NNC(=O)CC12CC3CC(CC(C3)C1)C2. The molecule has 4 bridgehead atoms. The van der Waals surface area contributed by atoms with Crippen LogP contribution in [0.1, 0.15) is 51.4 Å². The Morgan fingerprint density at radius 1 is 1.00 bits per heavy atom. The van der Waals surface area contributed by atoms with Crippen molar-refractivity contribution >= 4 is 23.4 Å². The summed E-state index contributed by atoms with van der Waals surface area (Å²) in [6.45, 7) is 0. The van der Waals surface area contributed by atoms with Crippen LogP contribution in [0.3, 0.4) is 0 Å². The molecule has 4 saturated carbocycles. The molecule has 3 N–H and O–H groups in total. The maximum Gasteiger partial charge on any atom is 0.266 e. The van der Waals surface area contributed by atoms with Gasteiger partial charge in [-0.15, -0.1) is 0 Å². The Morgan fingerprint density at radius 2 is 1.62 bits per heavy atom. The molecule has 0 spiro atoms. The molecule has 1 aliphatic heterocycles. The summed E-state index contributed by atoms with van der Waals surface area (Å²) in [5.41, 5.74) is 5.73. The van der Waals surface area contributed by atoms with Crippen LogP contribution in [0, 0.1) is 23.2 Å². The maximum absolute atomic E-state index is 12.5. The van der Waals surface area contributed by atoms with Gasteiger partial charge in [0.25, 0.3) is 5.91 Å². The Balaban J connectivity index is 1.12. The molecule has 1 aromatic carbocycles. The molecule has 4 aliphatic carbocycles. The highest BCUT2D eigenvalue weighted by Gasteiger charge is 2.51. The van der Waals surface area contributed by atoms with Crippen LogP contribution in [0.15, 0.2) is 24.3 Å². The summed E-state index contributed by atoms with van der Waals surface area (Å²) in [5.74, 6) is 1.95. The Hall–Kier alpha value is -2.57. The number of fused-ring (bicyclic) bond motifs is 1. The minimum absolute atomic E-state index is 0.125. The van der Waals surface area contributed by atoms with E-state index in [9.17, 15) is 14.4 Å². The van der Waals surface area contributed by atoms with Crippen LogP contribution < -0.4 is 20.9 Å². The highest BCUT2D eigenvalue weighted by Crippen LogP contribution is 2.61. The molecule has 0 radical (unpaired) electrons. The van der Waals surface area contributed by atoms with E-state index in [4.69, 9.17) is 4.74 Å². The fourth-order valence-electron chi connectivity index (χ4n) is 6.48. The summed E-state index contributed by atoms with van der Waals surface area (Å²) in [6.07, 6.45) is 6.87. The van der Waals surface area contributed by atoms with E-state index in [1.54, 1.807) is 24.3 Å². The topological polar surface area (TPSA) is 96.5 Å². The molecule has 1 heterocycles. The van der Waals surface area contributed by atoms with E-state index >= 15 is 0 Å². The Labute approximate surface area is 169 Å². The van der Waals surface area contributed by atoms with Crippen molar-refractivity contribution in [3.8, 4) is 5.75 Å². The zero-order valence-electron chi connectivity index (χ0n) is 16.4. The lowest BCUT2D eigenvalue weighted by Gasteiger charge is -2.56. The first-order valence-corrected chi connectivity index (χ1v) is 10.6. The van der Waals surface area contributed by atoms with E-state index in [2.05, 4.69) is 16.2 Å². The van der Waals surface area contributed by atoms with E-state index < -0.39 is 12.0 Å². The summed E-state index contributed by atoms with van der Waals surface area (Å²) in [5, 5.41) is 2.73. The van der Waals surface area contributed by atoms with Gasteiger partial charge in [-0.05, 0) is 73.8 Å². The Kier molecular flexibility index (Phi) is 4.48. The first-order chi connectivity index (χ1) is 14.0. The molecular formula is C22H27N3O4. The smallest absolute Gasteiger partial charge is 0.266 e. The van der Waals surface area contributed by atoms with E-state index in [-0.39, 0.29) is 23.7 Å². The van der Waals surface area contributed by atoms with E-state index in [1.807, 2.05) is 0 Å². The van der Waals surface area contributed by atoms with Crippen molar-refractivity contribution in [1.29, 1.82) is 0 Å². The number of hydrogen-bond donors (Lipinski definition) is 3. The number of para-hydroxylation sites is 2. The second-order valence-corrected chi connectivity index (χ2v) is 9.49. The van der Waals surface area contributed by atoms with Crippen molar-refractivity contribution in [3.63, 3.8) is 0 Å². The third-order valence-corrected chi connectivity index (χ3v) is 7.12. The number of benzene rings is 1. The van der Waals surface area contributed by atoms with E-state index in [0.717, 1.165) is 37.0 Å². The van der Waals surface area contributed by atoms with Gasteiger partial charge in [0.1, 0.15) is 5.75 Å². The summed E-state index contributed by atoms with van der Waals surface area (Å²) in [6, 6.07) is 7.09. The lowest BCUT2D eigenvalue weighted by atomic mass is 9.49. The summed E-state index contributed by atoms with van der Waals surface area (Å²) in [4.78, 5) is 36.9. The number of nitrogens with one attached hydrogen (secondary N) is 3. The molecule has 7 heteroatoms. The fourth-order valence-corrected chi connectivity index (χ4v) is 6.48. The molecule has 0 unspecified atom stereocenters. The number of carbonyl (C=O) groups is 3. The van der Waals surface area contributed by atoms with Crippen LogP contribution in [-0.4, -0.2) is 23.8 Å². The van der Waals surface area contributed by atoms with Crippen molar-refractivity contribution in [2.45, 2.75) is 57.5 Å². The summed E-state index contributed by atoms with van der Waals surface area (Å²) < 4.78 is 5.63. The van der Waals surface area contributed by atoms with Gasteiger partial charge in [0.2, 0.25) is 11.8 Å². The lowest BCUT2D eigenvalue weighted by molar-refractivity contribution is -0.135. The van der Waals surface area contributed by atoms with Gasteiger partial charge in [0, 0.05) is 6.42 Å². The molecular weight excluding hydrogens is 370 g/mol. The second kappa shape index (κ2) is 7.04. The van der Waals surface area contributed by atoms with Crippen LogP contribution in [-0.2, 0) is 14.4 Å². The zero-order valence-corrected chi connectivity index (χ0v) is 16.4. The van der Waals surface area contributed by atoms with Crippen LogP contribution in [0.2, 0.25) is 0 Å². The number of rotatable bonds is 4. The largest absolute Gasteiger partial charge is 0.478 e. The normalized spacial score (nSPS) is 34.0. The third-order valence-electron chi connectivity index (χ3n) is 7.12. The standard InChI is InChI=1S/C22H27N3O4/c26-19(8-18-21(28)23-16-3-1-2-4-17(16)29-18)24-25-20(27)12-22-9-13-5-14(10-22)7-15(6-13)11-22/h1-4,13-15,18H,5-12H2,(H,23,28)(H,24,26)(H,25,27)/t13?,14?,15?,18-,22?/m0/s1. The third kappa shape index (κ3) is 3.70. The second-order valence-electron chi connectivity index (χ2n) is 9.49. The predicted molar refractivity (Wildman–Crippen MR) is 106 cm³/mol. The number of ether oxygens (including phenoxy) is 1. The fraction of sp³-hybridized carbons (Fsp3) is 0.591. The average molecular weight is 397 g/mol. The first kappa shape index (κ1) is 18.5. The van der Waals surface area contributed by atoms with Gasteiger partial charge in [-0.3, -0.25) is 25.2 Å². The van der Waals surface area contributed by atoms with Crippen molar-refractivity contribution in [3.05, 3.63) is 24.3 Å². The van der Waals surface area contributed by atoms with Gasteiger partial charge in [-0.25, -0.2) is 0 Å². The van der Waals surface area contributed by atoms with E-state index in [1.165, 1.54) is 19.3 Å². The van der Waals surface area contributed by atoms with Gasteiger partial charge >= 0.3 is 0 Å². The lowest BCUT2D eigenvalue weighted by Crippen LogP contribution is -2.50. The number of anilines is 1. The molecule has 0 aromatic heterocycles. The van der Waals surface area contributed by atoms with Crippen molar-refractivity contribution < 1.29 is 19.1 Å². The highest BCUT2D eigenvalue weighted by atomic mass is 16.5. The highest BCUT2D eigenvalue weighted by molar-refractivity contribution is 6.00. The summed E-state index contributed by atoms with van der Waals surface area (Å²) >= 11 is 0. The molecule has 4 fully saturated rings. The number of carbonyl (C=O) groups excluding carboxylic acids is 3. The Morgan fingerprint density at radius 3 is 2.31 bits per heavy atom. The van der Waals surface area contributed by atoms with E-state index in [0.29, 0.717) is 17.9 Å². The van der Waals surface area contributed by atoms with Crippen molar-refractivity contribution in [2.24, 2.45) is 23.2 Å². The molecule has 29 heavy (non-hydrogen) atoms. The molecule has 6 rings (SSSR count). The van der Waals surface area contributed by atoms with Crippen molar-refractivity contribution in [2.75, 3.05) is 5.32 Å². The maximum atomic E-state index is 12.5. The first-order valence-electron chi connectivity index (χ1n) is 10.6. The molecule has 1 aromatic rings. The van der Waals surface area contributed by atoms with Crippen LogP contribution >= 0.6 is 0 Å². The van der Waals surface area contributed by atoms with Gasteiger partial charge in [0.05, 0.1) is 12.1 Å². The van der Waals surface area contributed by atoms with Crippen molar-refractivity contribution in [1.82, 2.24) is 10.9 Å². The minimum atomic E-state index is -0.912. The molecule has 3 amide bonds. The van der Waals surface area contributed by atoms with Crippen LogP contribution in [0.5, 0.6) is 5.75 Å². The number of amides is 3. The number of hydrazine groups is 1. The molecule has 5 aliphatic rings. The quantitative estimate of drug-likeness (QED) is 0.680. The minimum Gasteiger partial charge on any atom is -0.478 e. The molecule has 1 atom stereocenters. The van der Waals surface area contributed by atoms with Gasteiger partial charge in [0.15, 0.2) is 6.10 Å². The van der Waals surface area contributed by atoms with Crippen LogP contribution in [0.4, 0.5) is 5.69 Å². The predicted octanol–water partition coefficient (Wildman–Crippen LogP) is 2.53. The van der Waals surface area contributed by atoms with Crippen LogP contribution in [0.25, 0.3) is 0 Å². The molecule has 7 nitrogen and oxygen atoms in total. The molecule has 0 saturated heterocycles. The van der Waals surface area contributed by atoms with Gasteiger partial charge in [-0.1, -0.05) is 12.1 Å². The number of hydrogen-bond acceptors (Lipinski definition) is 4. The zero-order chi connectivity index (χ0) is 20.0. The van der Waals surface area contributed by atoms with Gasteiger partial charge in [-0.2, -0.15) is 0 Å². The molecule has 154 valence electrons. The Bertz CT molecular complexity index is 817. The monoisotopic (exact) mass is 397 g/mol.